The van der Waals surface area contributed by atoms with Gasteiger partial charge >= 0.3 is 0 Å². The molecule has 1 rings (SSSR count). The number of aliphatic imine (C=N–C) groups is 1. The molecule has 0 amide bonds. The fourth-order valence-electron chi connectivity index (χ4n) is 3.50. The summed E-state index contributed by atoms with van der Waals surface area (Å²) in [6, 6.07) is 4.36. The second kappa shape index (κ2) is 13.1. The van der Waals surface area contributed by atoms with E-state index >= 15 is 0 Å². The van der Waals surface area contributed by atoms with Gasteiger partial charge in [0, 0.05) is 26.2 Å². The van der Waals surface area contributed by atoms with Crippen LogP contribution in [-0.2, 0) is 6.54 Å². The highest BCUT2D eigenvalue weighted by atomic mass is 16.5. The van der Waals surface area contributed by atoms with Crippen molar-refractivity contribution in [3.63, 3.8) is 0 Å². The average Bonchev–Trinajstić information content (AvgIpc) is 2.73. The Bertz CT molecular complexity index is 605. The van der Waals surface area contributed by atoms with Gasteiger partial charge in [-0.2, -0.15) is 0 Å². The number of hydrogen-bond donors (Lipinski definition) is 2. The minimum absolute atomic E-state index is 0.477. The van der Waals surface area contributed by atoms with Crippen LogP contribution in [0.3, 0.4) is 0 Å². The first-order chi connectivity index (χ1) is 13.9. The molecule has 1 atom stereocenters. The van der Waals surface area contributed by atoms with E-state index in [2.05, 4.69) is 48.2 Å². The lowest BCUT2D eigenvalue weighted by Crippen LogP contribution is -2.47. The van der Waals surface area contributed by atoms with Crippen LogP contribution in [0.5, 0.6) is 17.2 Å². The van der Waals surface area contributed by atoms with Gasteiger partial charge in [0.15, 0.2) is 17.5 Å². The molecule has 0 aliphatic rings. The van der Waals surface area contributed by atoms with Gasteiger partial charge < -0.3 is 24.8 Å². The van der Waals surface area contributed by atoms with Crippen LogP contribution >= 0.6 is 0 Å². The number of ether oxygens (including phenoxy) is 3. The first kappa shape index (κ1) is 24.9. The van der Waals surface area contributed by atoms with E-state index in [1.165, 1.54) is 0 Å². The Hall–Kier alpha value is -2.15. The lowest BCUT2D eigenvalue weighted by Gasteiger charge is -2.31. The van der Waals surface area contributed by atoms with Crippen LogP contribution in [0.25, 0.3) is 0 Å². The molecule has 7 heteroatoms. The van der Waals surface area contributed by atoms with Crippen molar-refractivity contribution in [1.29, 1.82) is 0 Å². The molecule has 7 nitrogen and oxygen atoms in total. The summed E-state index contributed by atoms with van der Waals surface area (Å²) in [5.41, 5.74) is 1.02. The molecule has 0 radical (unpaired) electrons. The molecule has 2 N–H and O–H groups in total. The summed E-state index contributed by atoms with van der Waals surface area (Å²) in [7, 11) is 6.64. The maximum absolute atomic E-state index is 5.44. The number of nitrogens with zero attached hydrogens (tertiary/aromatic N) is 2. The minimum Gasteiger partial charge on any atom is -0.493 e. The van der Waals surface area contributed by atoms with Crippen molar-refractivity contribution < 1.29 is 14.2 Å². The normalized spacial score (nSPS) is 12.8. The summed E-state index contributed by atoms with van der Waals surface area (Å²) < 4.78 is 16.3. The third-order valence-corrected chi connectivity index (χ3v) is 4.99. The molecule has 0 bridgehead atoms. The number of hydrogen-bond acceptors (Lipinski definition) is 5. The Balaban J connectivity index is 2.79. The van der Waals surface area contributed by atoms with Crippen LogP contribution in [-0.4, -0.2) is 64.9 Å². The summed E-state index contributed by atoms with van der Waals surface area (Å²) in [5.74, 6) is 3.31. The van der Waals surface area contributed by atoms with E-state index in [-0.39, 0.29) is 0 Å². The molecule has 1 aromatic rings. The topological polar surface area (TPSA) is 67.4 Å². The second-order valence-corrected chi connectivity index (χ2v) is 7.34. The lowest BCUT2D eigenvalue weighted by molar-refractivity contribution is 0.191. The molecule has 166 valence electrons. The molecule has 0 saturated carbocycles. The van der Waals surface area contributed by atoms with Crippen molar-refractivity contribution in [2.24, 2.45) is 10.9 Å². The predicted molar refractivity (Wildman–Crippen MR) is 120 cm³/mol. The third kappa shape index (κ3) is 7.65. The smallest absolute Gasteiger partial charge is 0.203 e. The fraction of sp³-hybridized carbons (Fsp3) is 0.682. The molecular formula is C22H40N4O3. The van der Waals surface area contributed by atoms with Gasteiger partial charge in [0.1, 0.15) is 0 Å². The van der Waals surface area contributed by atoms with E-state index in [0.29, 0.717) is 35.8 Å². The van der Waals surface area contributed by atoms with Gasteiger partial charge in [-0.15, -0.1) is 0 Å². The van der Waals surface area contributed by atoms with Crippen LogP contribution in [0.4, 0.5) is 0 Å². The molecule has 0 fully saturated rings. The van der Waals surface area contributed by atoms with Crippen molar-refractivity contribution in [2.75, 3.05) is 48.0 Å². The van der Waals surface area contributed by atoms with Gasteiger partial charge in [-0.05, 0) is 43.1 Å². The van der Waals surface area contributed by atoms with Crippen molar-refractivity contribution in [2.45, 2.75) is 46.7 Å². The number of methoxy groups -OCH3 is 3. The Morgan fingerprint density at radius 1 is 1.00 bits per heavy atom. The van der Waals surface area contributed by atoms with E-state index in [9.17, 15) is 0 Å². The summed E-state index contributed by atoms with van der Waals surface area (Å²) in [4.78, 5) is 6.87. The third-order valence-electron chi connectivity index (χ3n) is 4.99. The number of rotatable bonds is 12. The molecule has 1 aromatic carbocycles. The molecule has 1 unspecified atom stereocenters. The van der Waals surface area contributed by atoms with Crippen molar-refractivity contribution in [3.05, 3.63) is 17.7 Å². The maximum atomic E-state index is 5.44. The number of likely N-dealkylation sites (N-methyl/N-ethyl adjacent to an activating group) is 1. The monoisotopic (exact) mass is 408 g/mol. The van der Waals surface area contributed by atoms with Crippen LogP contribution in [0.2, 0.25) is 0 Å². The van der Waals surface area contributed by atoms with Gasteiger partial charge in [0.05, 0.1) is 21.3 Å². The first-order valence-corrected chi connectivity index (χ1v) is 10.4. The fourth-order valence-corrected chi connectivity index (χ4v) is 3.50. The summed E-state index contributed by atoms with van der Waals surface area (Å²) in [5, 5.41) is 6.86. The lowest BCUT2D eigenvalue weighted by atomic mass is 10.0. The van der Waals surface area contributed by atoms with Crippen LogP contribution < -0.4 is 24.8 Å². The van der Waals surface area contributed by atoms with Crippen LogP contribution in [0, 0.1) is 5.92 Å². The maximum Gasteiger partial charge on any atom is 0.203 e. The standard InChI is InChI=1S/C22H40N4O3/c1-9-26(10-2)18(11-16(3)4)15-25-22(23-5)24-14-17-12-19(27-6)21(29-8)20(13-17)28-7/h12-13,16,18H,9-11,14-15H2,1-8H3,(H2,23,24,25). The van der Waals surface area contributed by atoms with Gasteiger partial charge in [0.25, 0.3) is 0 Å². The molecular weight excluding hydrogens is 368 g/mol. The number of guanidine groups is 1. The Morgan fingerprint density at radius 3 is 2.00 bits per heavy atom. The van der Waals surface area contributed by atoms with E-state index in [1.807, 2.05) is 12.1 Å². The Morgan fingerprint density at radius 2 is 1.59 bits per heavy atom. The van der Waals surface area contributed by atoms with Gasteiger partial charge in [-0.25, -0.2) is 0 Å². The highest BCUT2D eigenvalue weighted by Crippen LogP contribution is 2.38. The van der Waals surface area contributed by atoms with Gasteiger partial charge in [-0.3, -0.25) is 9.89 Å². The van der Waals surface area contributed by atoms with E-state index in [4.69, 9.17) is 14.2 Å². The molecule has 29 heavy (non-hydrogen) atoms. The minimum atomic E-state index is 0.477. The predicted octanol–water partition coefficient (Wildman–Crippen LogP) is 3.13. The zero-order valence-electron chi connectivity index (χ0n) is 19.5. The summed E-state index contributed by atoms with van der Waals surface area (Å²) >= 11 is 0. The molecule has 0 heterocycles. The Kier molecular flexibility index (Phi) is 11.3. The SMILES string of the molecule is CCN(CC)C(CNC(=NC)NCc1cc(OC)c(OC)c(OC)c1)CC(C)C. The van der Waals surface area contributed by atoms with Crippen molar-refractivity contribution >= 4 is 5.96 Å². The van der Waals surface area contributed by atoms with E-state index < -0.39 is 0 Å². The first-order valence-electron chi connectivity index (χ1n) is 10.4. The summed E-state index contributed by atoms with van der Waals surface area (Å²) in [6.07, 6.45) is 1.15. The van der Waals surface area contributed by atoms with Gasteiger partial charge in [0.2, 0.25) is 5.75 Å². The number of benzene rings is 1. The van der Waals surface area contributed by atoms with E-state index in [1.54, 1.807) is 28.4 Å². The molecule has 0 saturated heterocycles. The quantitative estimate of drug-likeness (QED) is 0.409. The zero-order valence-corrected chi connectivity index (χ0v) is 19.5. The van der Waals surface area contributed by atoms with Crippen LogP contribution in [0.15, 0.2) is 17.1 Å². The largest absolute Gasteiger partial charge is 0.493 e. The zero-order chi connectivity index (χ0) is 21.8. The highest BCUT2D eigenvalue weighted by molar-refractivity contribution is 5.79. The van der Waals surface area contributed by atoms with Crippen molar-refractivity contribution in [3.8, 4) is 17.2 Å². The molecule has 0 aliphatic carbocycles. The van der Waals surface area contributed by atoms with E-state index in [0.717, 1.165) is 37.6 Å². The average molecular weight is 409 g/mol. The molecule has 0 aromatic heterocycles. The Labute approximate surface area is 176 Å². The highest BCUT2D eigenvalue weighted by Gasteiger charge is 2.18. The molecule has 0 aliphatic heterocycles. The molecule has 0 spiro atoms. The second-order valence-electron chi connectivity index (χ2n) is 7.34. The number of nitrogens with one attached hydrogen (secondary N) is 2. The van der Waals surface area contributed by atoms with Crippen LogP contribution in [0.1, 0.15) is 39.7 Å². The van der Waals surface area contributed by atoms with Gasteiger partial charge in [-0.1, -0.05) is 27.7 Å². The summed E-state index contributed by atoms with van der Waals surface area (Å²) in [6.45, 7) is 12.5. The van der Waals surface area contributed by atoms with Crippen molar-refractivity contribution in [1.82, 2.24) is 15.5 Å².